The average Bonchev–Trinajstić information content (AvgIpc) is 2.78. The summed E-state index contributed by atoms with van der Waals surface area (Å²) in [6.45, 7) is 10.5. The predicted octanol–water partition coefficient (Wildman–Crippen LogP) is 3.15. The first-order valence-electron chi connectivity index (χ1n) is 12.3. The number of hydrogen-bond donors (Lipinski definition) is 1. The molecule has 1 aliphatic rings. The van der Waals surface area contributed by atoms with Crippen molar-refractivity contribution in [2.75, 3.05) is 33.4 Å². The van der Waals surface area contributed by atoms with E-state index in [0.717, 1.165) is 5.56 Å². The molecule has 1 saturated heterocycles. The van der Waals surface area contributed by atoms with Crippen LogP contribution in [-0.4, -0.2) is 73.0 Å². The quantitative estimate of drug-likeness (QED) is 0.361. The average molecular weight is 505 g/mol. The Bertz CT molecular complexity index is 900. The number of amides is 1. The first-order chi connectivity index (χ1) is 16.8. The number of Topliss-reactive ketones (excluding diaryl/α,β-unsaturated/α-hetero) is 2. The van der Waals surface area contributed by atoms with Crippen LogP contribution in [0.1, 0.15) is 53.0 Å². The molecule has 1 heterocycles. The molecule has 1 aromatic carbocycles. The Morgan fingerprint density at radius 1 is 1.11 bits per heavy atom. The van der Waals surface area contributed by atoms with Gasteiger partial charge in [0.05, 0.1) is 25.9 Å². The van der Waals surface area contributed by atoms with Gasteiger partial charge in [-0.15, -0.1) is 0 Å². The number of likely N-dealkylation sites (tertiary alicyclic amines) is 1. The molecule has 9 heteroatoms. The van der Waals surface area contributed by atoms with Crippen LogP contribution in [-0.2, 0) is 35.2 Å². The number of hydrogen-bond acceptors (Lipinski definition) is 8. The van der Waals surface area contributed by atoms with Crippen LogP contribution >= 0.6 is 0 Å². The first-order valence-corrected chi connectivity index (χ1v) is 12.3. The van der Waals surface area contributed by atoms with Crippen LogP contribution < -0.4 is 5.32 Å². The topological polar surface area (TPSA) is 111 Å². The van der Waals surface area contributed by atoms with Crippen molar-refractivity contribution in [2.45, 2.75) is 65.2 Å². The summed E-state index contributed by atoms with van der Waals surface area (Å²) in [4.78, 5) is 51.8. The van der Waals surface area contributed by atoms with Gasteiger partial charge in [0.25, 0.3) is 0 Å². The first kappa shape index (κ1) is 29.5. The molecule has 1 N–H and O–H groups in total. The van der Waals surface area contributed by atoms with Gasteiger partial charge in [0, 0.05) is 38.4 Å². The molecule has 0 spiro atoms. The van der Waals surface area contributed by atoms with Crippen molar-refractivity contribution in [3.63, 3.8) is 0 Å². The lowest BCUT2D eigenvalue weighted by atomic mass is 9.89. The highest BCUT2D eigenvalue weighted by Crippen LogP contribution is 2.20. The van der Waals surface area contributed by atoms with Crippen molar-refractivity contribution in [3.05, 3.63) is 35.9 Å². The minimum absolute atomic E-state index is 0.131. The number of nitrogens with one attached hydrogen (secondary N) is 1. The van der Waals surface area contributed by atoms with Crippen molar-refractivity contribution >= 4 is 23.6 Å². The largest absolute Gasteiger partial charge is 0.468 e. The zero-order chi connectivity index (χ0) is 26.9. The van der Waals surface area contributed by atoms with E-state index in [0.29, 0.717) is 26.3 Å². The molecule has 1 aliphatic heterocycles. The maximum atomic E-state index is 13.2. The number of piperidine rings is 1. The molecule has 1 fully saturated rings. The van der Waals surface area contributed by atoms with Crippen molar-refractivity contribution in [3.8, 4) is 0 Å². The molecule has 2 atom stereocenters. The van der Waals surface area contributed by atoms with Crippen molar-refractivity contribution < 1.29 is 33.4 Å². The molecule has 0 aromatic heterocycles. The van der Waals surface area contributed by atoms with E-state index in [1.165, 1.54) is 7.11 Å². The van der Waals surface area contributed by atoms with Crippen LogP contribution in [0.5, 0.6) is 0 Å². The molecule has 9 nitrogen and oxygen atoms in total. The molecule has 1 amide bonds. The van der Waals surface area contributed by atoms with E-state index in [9.17, 15) is 19.2 Å². The van der Waals surface area contributed by atoms with Crippen LogP contribution in [0.3, 0.4) is 0 Å². The number of benzene rings is 1. The van der Waals surface area contributed by atoms with Crippen LogP contribution in [0.15, 0.2) is 30.3 Å². The Morgan fingerprint density at radius 2 is 1.78 bits per heavy atom. The number of methoxy groups -OCH3 is 1. The Kier molecular flexibility index (Phi) is 10.6. The Balaban J connectivity index is 2.07. The number of alkyl carbamates (subject to hydrolysis) is 1. The minimum Gasteiger partial charge on any atom is -0.468 e. The molecular formula is C27H40N2O7. The number of rotatable bonds is 11. The lowest BCUT2D eigenvalue weighted by molar-refractivity contribution is -0.152. The second-order valence-corrected chi connectivity index (χ2v) is 10.8. The number of carbonyl (C=O) groups excluding carboxylic acids is 4. The highest BCUT2D eigenvalue weighted by atomic mass is 16.6. The third-order valence-electron chi connectivity index (χ3n) is 5.96. The van der Waals surface area contributed by atoms with Crippen LogP contribution in [0.2, 0.25) is 0 Å². The van der Waals surface area contributed by atoms with Gasteiger partial charge in [-0.3, -0.25) is 14.4 Å². The number of nitrogens with zero attached hydrogens (tertiary/aromatic N) is 1. The number of ether oxygens (including phenoxy) is 3. The van der Waals surface area contributed by atoms with E-state index < -0.39 is 29.1 Å². The number of esters is 1. The fourth-order valence-electron chi connectivity index (χ4n) is 4.01. The fourth-order valence-corrected chi connectivity index (χ4v) is 4.01. The van der Waals surface area contributed by atoms with Gasteiger partial charge in [-0.25, -0.2) is 4.79 Å². The molecule has 0 bridgehead atoms. The molecule has 200 valence electrons. The Labute approximate surface area is 213 Å². The summed E-state index contributed by atoms with van der Waals surface area (Å²) in [6, 6.07) is 9.72. The van der Waals surface area contributed by atoms with E-state index >= 15 is 0 Å². The van der Waals surface area contributed by atoms with E-state index in [4.69, 9.17) is 14.2 Å². The molecule has 36 heavy (non-hydrogen) atoms. The van der Waals surface area contributed by atoms with Gasteiger partial charge < -0.3 is 24.4 Å². The summed E-state index contributed by atoms with van der Waals surface area (Å²) in [6.07, 6.45) is -0.268. The van der Waals surface area contributed by atoms with Crippen LogP contribution in [0, 0.1) is 11.8 Å². The van der Waals surface area contributed by atoms with Crippen molar-refractivity contribution in [1.29, 1.82) is 0 Å². The minimum atomic E-state index is -1.15. The van der Waals surface area contributed by atoms with Gasteiger partial charge in [-0.2, -0.15) is 0 Å². The summed E-state index contributed by atoms with van der Waals surface area (Å²) in [7, 11) is 1.27. The van der Waals surface area contributed by atoms with Gasteiger partial charge >= 0.3 is 12.1 Å². The maximum Gasteiger partial charge on any atom is 0.408 e. The van der Waals surface area contributed by atoms with Crippen molar-refractivity contribution in [2.24, 2.45) is 11.8 Å². The zero-order valence-corrected chi connectivity index (χ0v) is 22.3. The zero-order valence-electron chi connectivity index (χ0n) is 22.3. The van der Waals surface area contributed by atoms with Gasteiger partial charge in [-0.1, -0.05) is 30.3 Å². The normalized spacial score (nSPS) is 17.8. The molecule has 1 aromatic rings. The lowest BCUT2D eigenvalue weighted by Gasteiger charge is -2.34. The van der Waals surface area contributed by atoms with Crippen LogP contribution in [0.25, 0.3) is 0 Å². The molecular weight excluding hydrogens is 464 g/mol. The van der Waals surface area contributed by atoms with Gasteiger partial charge in [0.2, 0.25) is 0 Å². The van der Waals surface area contributed by atoms with Gasteiger partial charge in [-0.05, 0) is 40.2 Å². The molecule has 0 aliphatic carbocycles. The smallest absolute Gasteiger partial charge is 0.408 e. The summed E-state index contributed by atoms with van der Waals surface area (Å²) in [5.41, 5.74) is -0.811. The van der Waals surface area contributed by atoms with E-state index in [2.05, 4.69) is 5.32 Å². The maximum absolute atomic E-state index is 13.2. The highest BCUT2D eigenvalue weighted by molar-refractivity contribution is 5.99. The third-order valence-corrected chi connectivity index (χ3v) is 5.96. The molecule has 2 rings (SSSR count). The second kappa shape index (κ2) is 13.0. The highest BCUT2D eigenvalue weighted by Gasteiger charge is 2.36. The number of ketones is 2. The monoisotopic (exact) mass is 504 g/mol. The van der Waals surface area contributed by atoms with Gasteiger partial charge in [0.1, 0.15) is 17.3 Å². The van der Waals surface area contributed by atoms with E-state index in [1.54, 1.807) is 34.6 Å². The summed E-state index contributed by atoms with van der Waals surface area (Å²) in [5, 5.41) is 2.67. The van der Waals surface area contributed by atoms with Crippen LogP contribution in [0.4, 0.5) is 4.79 Å². The molecule has 0 saturated carbocycles. The summed E-state index contributed by atoms with van der Waals surface area (Å²) < 4.78 is 16.0. The predicted molar refractivity (Wildman–Crippen MR) is 134 cm³/mol. The molecule has 0 radical (unpaired) electrons. The SMILES string of the molecule is COC(=O)C1CN(CC(COCc2ccccc2)CC(=O)C(C)(C)NC(=O)OC(C)(C)C)CCC1=O. The van der Waals surface area contributed by atoms with E-state index in [1.807, 2.05) is 35.2 Å². The summed E-state index contributed by atoms with van der Waals surface area (Å²) >= 11 is 0. The lowest BCUT2D eigenvalue weighted by Crippen LogP contribution is -2.52. The summed E-state index contributed by atoms with van der Waals surface area (Å²) in [5.74, 6) is -1.88. The molecule has 2 unspecified atom stereocenters. The Hall–Kier alpha value is -2.78. The van der Waals surface area contributed by atoms with E-state index in [-0.39, 0.29) is 36.9 Å². The second-order valence-electron chi connectivity index (χ2n) is 10.8. The van der Waals surface area contributed by atoms with Crippen molar-refractivity contribution in [1.82, 2.24) is 10.2 Å². The Morgan fingerprint density at radius 3 is 2.39 bits per heavy atom. The van der Waals surface area contributed by atoms with Gasteiger partial charge in [0.15, 0.2) is 5.78 Å². The fraction of sp³-hybridized carbons (Fsp3) is 0.630. The number of carbonyl (C=O) groups is 4. The third kappa shape index (κ3) is 9.70. The standard InChI is InChI=1S/C27H40N2O7/c1-26(2,3)36-25(33)28-27(4,5)23(31)14-20(18-35-17-19-10-8-7-9-11-19)15-29-13-12-22(30)21(16-29)24(32)34-6/h7-11,20-21H,12-18H2,1-6H3,(H,28,33).